The summed E-state index contributed by atoms with van der Waals surface area (Å²) < 4.78 is 40.5. The molecule has 1 aromatic carbocycles. The maximum absolute atomic E-state index is 12.6. The number of carbonyl (C=O) groups is 2. The third kappa shape index (κ3) is 4.17. The number of ether oxygens (including phenoxy) is 1. The predicted octanol–water partition coefficient (Wildman–Crippen LogP) is 2.41. The van der Waals surface area contributed by atoms with Crippen LogP contribution in [0.5, 0.6) is 5.75 Å². The van der Waals surface area contributed by atoms with E-state index in [1.54, 1.807) is 18.5 Å². The van der Waals surface area contributed by atoms with Gasteiger partial charge in [-0.25, -0.2) is 9.69 Å². The Balaban J connectivity index is 1.76. The zero-order valence-electron chi connectivity index (χ0n) is 13.9. The first-order valence-electron chi connectivity index (χ1n) is 7.88. The standard InChI is InChI=1S/C17H15F3N4O3/c18-17(19,20)27-14-3-1-13(2-4-14)24-15(25)10-23(16(24)26)9-11-5-6-22-8-12(11)7-21/h1-6,8H,7,9-10,21H2. The number of carbonyl (C=O) groups excluding carboxylic acids is 2. The molecular weight excluding hydrogens is 365 g/mol. The van der Waals surface area contributed by atoms with Crippen LogP contribution in [0, 0.1) is 0 Å². The number of hydrogen-bond acceptors (Lipinski definition) is 5. The molecule has 1 fully saturated rings. The Hall–Kier alpha value is -3.14. The number of urea groups is 1. The number of benzene rings is 1. The second kappa shape index (κ2) is 7.23. The lowest BCUT2D eigenvalue weighted by Gasteiger charge is -2.18. The van der Waals surface area contributed by atoms with Crippen LogP contribution in [0.25, 0.3) is 0 Å². The molecule has 0 atom stereocenters. The smallest absolute Gasteiger partial charge is 0.406 e. The Morgan fingerprint density at radius 2 is 1.81 bits per heavy atom. The van der Waals surface area contributed by atoms with Crippen molar-refractivity contribution in [2.75, 3.05) is 11.4 Å². The van der Waals surface area contributed by atoms with Crippen molar-refractivity contribution in [3.05, 3.63) is 53.9 Å². The third-order valence-electron chi connectivity index (χ3n) is 3.95. The number of nitrogens with zero attached hydrogens (tertiary/aromatic N) is 3. The Labute approximate surface area is 152 Å². The summed E-state index contributed by atoms with van der Waals surface area (Å²) in [5, 5.41) is 0. The summed E-state index contributed by atoms with van der Waals surface area (Å²) in [6.07, 6.45) is -1.66. The average Bonchev–Trinajstić information content (AvgIpc) is 2.88. The molecule has 7 nitrogen and oxygen atoms in total. The van der Waals surface area contributed by atoms with Crippen molar-refractivity contribution in [1.82, 2.24) is 9.88 Å². The largest absolute Gasteiger partial charge is 0.573 e. The molecule has 0 aliphatic carbocycles. The molecule has 0 radical (unpaired) electrons. The number of imide groups is 1. The van der Waals surface area contributed by atoms with E-state index in [0.717, 1.165) is 28.2 Å². The number of hydrogen-bond donors (Lipinski definition) is 1. The lowest BCUT2D eigenvalue weighted by atomic mass is 10.1. The van der Waals surface area contributed by atoms with Gasteiger partial charge in [0.25, 0.3) is 5.91 Å². The Kier molecular flexibility index (Phi) is 5.00. The number of aromatic nitrogens is 1. The summed E-state index contributed by atoms with van der Waals surface area (Å²) >= 11 is 0. The maximum atomic E-state index is 12.6. The molecule has 2 aromatic rings. The minimum Gasteiger partial charge on any atom is -0.406 e. The van der Waals surface area contributed by atoms with Crippen LogP contribution in [0.2, 0.25) is 0 Å². The molecule has 2 heterocycles. The van der Waals surface area contributed by atoms with Gasteiger partial charge in [-0.2, -0.15) is 0 Å². The van der Waals surface area contributed by atoms with Gasteiger partial charge in [0.2, 0.25) is 0 Å². The zero-order valence-corrected chi connectivity index (χ0v) is 13.9. The summed E-state index contributed by atoms with van der Waals surface area (Å²) in [5.74, 6) is -0.917. The number of rotatable bonds is 5. The fraction of sp³-hybridized carbons (Fsp3) is 0.235. The van der Waals surface area contributed by atoms with E-state index >= 15 is 0 Å². The summed E-state index contributed by atoms with van der Waals surface area (Å²) in [4.78, 5) is 31.1. The number of pyridine rings is 1. The van der Waals surface area contributed by atoms with Crippen molar-refractivity contribution in [1.29, 1.82) is 0 Å². The number of nitrogens with two attached hydrogens (primary N) is 1. The number of halogens is 3. The molecular formula is C17H15F3N4O3. The van der Waals surface area contributed by atoms with Gasteiger partial charge in [0.1, 0.15) is 12.3 Å². The van der Waals surface area contributed by atoms with Crippen LogP contribution < -0.4 is 15.4 Å². The molecule has 27 heavy (non-hydrogen) atoms. The molecule has 10 heteroatoms. The fourth-order valence-corrected chi connectivity index (χ4v) is 2.72. The van der Waals surface area contributed by atoms with Crippen molar-refractivity contribution in [3.8, 4) is 5.75 Å². The minimum absolute atomic E-state index is 0.147. The highest BCUT2D eigenvalue weighted by molar-refractivity contribution is 6.19. The van der Waals surface area contributed by atoms with Crippen molar-refractivity contribution in [2.45, 2.75) is 19.5 Å². The minimum atomic E-state index is -4.82. The lowest BCUT2D eigenvalue weighted by molar-refractivity contribution is -0.274. The Morgan fingerprint density at radius 3 is 2.44 bits per heavy atom. The van der Waals surface area contributed by atoms with Crippen LogP contribution in [0.3, 0.4) is 0 Å². The fourth-order valence-electron chi connectivity index (χ4n) is 2.72. The van der Waals surface area contributed by atoms with Gasteiger partial charge in [-0.3, -0.25) is 9.78 Å². The van der Waals surface area contributed by atoms with Crippen molar-refractivity contribution >= 4 is 17.6 Å². The molecule has 1 aromatic heterocycles. The topological polar surface area (TPSA) is 88.8 Å². The van der Waals surface area contributed by atoms with Gasteiger partial charge in [-0.15, -0.1) is 13.2 Å². The maximum Gasteiger partial charge on any atom is 0.573 e. The van der Waals surface area contributed by atoms with E-state index in [-0.39, 0.29) is 25.3 Å². The highest BCUT2D eigenvalue weighted by Crippen LogP contribution is 2.28. The van der Waals surface area contributed by atoms with Crippen molar-refractivity contribution < 1.29 is 27.5 Å². The van der Waals surface area contributed by atoms with Crippen molar-refractivity contribution in [3.63, 3.8) is 0 Å². The number of alkyl halides is 3. The summed E-state index contributed by atoms with van der Waals surface area (Å²) in [5.41, 5.74) is 7.34. The van der Waals surface area contributed by atoms with Gasteiger partial charge in [0.15, 0.2) is 0 Å². The predicted molar refractivity (Wildman–Crippen MR) is 88.5 cm³/mol. The van der Waals surface area contributed by atoms with E-state index in [1.165, 1.54) is 17.0 Å². The Bertz CT molecular complexity index is 855. The van der Waals surface area contributed by atoms with Crippen LogP contribution in [0.1, 0.15) is 11.1 Å². The van der Waals surface area contributed by atoms with Gasteiger partial charge < -0.3 is 15.4 Å². The molecule has 1 aliphatic heterocycles. The second-order valence-electron chi connectivity index (χ2n) is 5.76. The third-order valence-corrected chi connectivity index (χ3v) is 3.95. The van der Waals surface area contributed by atoms with E-state index in [1.807, 2.05) is 0 Å². The summed E-state index contributed by atoms with van der Waals surface area (Å²) in [7, 11) is 0. The summed E-state index contributed by atoms with van der Waals surface area (Å²) in [6, 6.07) is 5.68. The van der Waals surface area contributed by atoms with Gasteiger partial charge in [-0.05, 0) is 41.5 Å². The molecule has 1 aliphatic rings. The molecule has 1 saturated heterocycles. The molecule has 3 amide bonds. The monoisotopic (exact) mass is 380 g/mol. The molecule has 3 rings (SSSR count). The van der Waals surface area contributed by atoms with E-state index in [2.05, 4.69) is 9.72 Å². The molecule has 0 saturated carbocycles. The van der Waals surface area contributed by atoms with Crippen molar-refractivity contribution in [2.24, 2.45) is 5.73 Å². The highest BCUT2D eigenvalue weighted by atomic mass is 19.4. The van der Waals surface area contributed by atoms with Gasteiger partial charge >= 0.3 is 12.4 Å². The number of anilines is 1. The average molecular weight is 380 g/mol. The van der Waals surface area contributed by atoms with E-state index in [4.69, 9.17) is 5.73 Å². The van der Waals surface area contributed by atoms with Gasteiger partial charge in [-0.1, -0.05) is 0 Å². The lowest BCUT2D eigenvalue weighted by Crippen LogP contribution is -2.33. The van der Waals surface area contributed by atoms with E-state index in [9.17, 15) is 22.8 Å². The first-order valence-corrected chi connectivity index (χ1v) is 7.88. The molecule has 0 spiro atoms. The number of amides is 3. The normalized spacial score (nSPS) is 14.8. The van der Waals surface area contributed by atoms with E-state index < -0.39 is 24.1 Å². The summed E-state index contributed by atoms with van der Waals surface area (Å²) in [6.45, 7) is 0.265. The van der Waals surface area contributed by atoms with Crippen LogP contribution >= 0.6 is 0 Å². The Morgan fingerprint density at radius 1 is 1.11 bits per heavy atom. The van der Waals surface area contributed by atoms with Gasteiger partial charge in [0.05, 0.1) is 5.69 Å². The SMILES string of the molecule is NCc1cnccc1CN1CC(=O)N(c2ccc(OC(F)(F)F)cc2)C1=O. The van der Waals surface area contributed by atoms with E-state index in [0.29, 0.717) is 0 Å². The molecule has 0 bridgehead atoms. The first kappa shape index (κ1) is 18.6. The molecule has 0 unspecified atom stereocenters. The van der Waals surface area contributed by atoms with Crippen LogP contribution in [0.15, 0.2) is 42.7 Å². The van der Waals surface area contributed by atoms with Gasteiger partial charge in [0, 0.05) is 25.5 Å². The second-order valence-corrected chi connectivity index (χ2v) is 5.76. The van der Waals surface area contributed by atoms with Crippen LogP contribution in [-0.2, 0) is 17.9 Å². The molecule has 142 valence electrons. The molecule has 2 N–H and O–H groups in total. The first-order chi connectivity index (χ1) is 12.8. The zero-order chi connectivity index (χ0) is 19.6. The quantitative estimate of drug-likeness (QED) is 0.805. The van der Waals surface area contributed by atoms with Crippen LogP contribution in [-0.4, -0.2) is 34.7 Å². The highest BCUT2D eigenvalue weighted by Gasteiger charge is 2.37. The van der Waals surface area contributed by atoms with Crippen LogP contribution in [0.4, 0.5) is 23.7 Å².